The van der Waals surface area contributed by atoms with Crippen LogP contribution in [0.15, 0.2) is 42.5 Å². The highest BCUT2D eigenvalue weighted by Crippen LogP contribution is 2.09. The molecule has 0 bridgehead atoms. The first-order chi connectivity index (χ1) is 12.8. The molecule has 0 saturated heterocycles. The van der Waals surface area contributed by atoms with Crippen LogP contribution in [0.5, 0.6) is 0 Å². The van der Waals surface area contributed by atoms with Gasteiger partial charge in [-0.15, -0.1) is 0 Å². The van der Waals surface area contributed by atoms with Gasteiger partial charge in [-0.3, -0.25) is 14.8 Å². The van der Waals surface area contributed by atoms with Gasteiger partial charge in [0.15, 0.2) is 0 Å². The SMILES string of the molecule is CC(O)C(NC(=O)c1ccc(C#Cc2ccc(F)cc2F)cc1)C(=O)NO. The van der Waals surface area contributed by atoms with E-state index in [-0.39, 0.29) is 11.1 Å². The highest BCUT2D eigenvalue weighted by molar-refractivity contribution is 5.97. The number of amides is 2. The molecule has 27 heavy (non-hydrogen) atoms. The molecule has 0 saturated carbocycles. The molecule has 0 heterocycles. The number of rotatable bonds is 4. The molecule has 0 aromatic heterocycles. The van der Waals surface area contributed by atoms with Crippen molar-refractivity contribution >= 4 is 11.8 Å². The zero-order valence-corrected chi connectivity index (χ0v) is 14.2. The number of nitrogens with one attached hydrogen (secondary N) is 2. The third-order valence-electron chi connectivity index (χ3n) is 3.58. The number of aliphatic hydroxyl groups is 1. The molecule has 0 aliphatic rings. The van der Waals surface area contributed by atoms with E-state index in [4.69, 9.17) is 5.21 Å². The molecule has 6 nitrogen and oxygen atoms in total. The van der Waals surface area contributed by atoms with Crippen molar-refractivity contribution in [3.8, 4) is 11.8 Å². The Kier molecular flexibility index (Phi) is 6.60. The van der Waals surface area contributed by atoms with Crippen molar-refractivity contribution in [1.29, 1.82) is 0 Å². The third-order valence-corrected chi connectivity index (χ3v) is 3.58. The van der Waals surface area contributed by atoms with Gasteiger partial charge >= 0.3 is 0 Å². The Morgan fingerprint density at radius 1 is 1.07 bits per heavy atom. The maximum Gasteiger partial charge on any atom is 0.268 e. The van der Waals surface area contributed by atoms with Crippen LogP contribution in [-0.4, -0.2) is 34.3 Å². The molecule has 0 radical (unpaired) electrons. The van der Waals surface area contributed by atoms with Gasteiger partial charge in [-0.1, -0.05) is 11.8 Å². The average molecular weight is 374 g/mol. The highest BCUT2D eigenvalue weighted by Gasteiger charge is 2.25. The summed E-state index contributed by atoms with van der Waals surface area (Å²) in [6.45, 7) is 1.29. The van der Waals surface area contributed by atoms with Crippen LogP contribution in [0.3, 0.4) is 0 Å². The predicted molar refractivity (Wildman–Crippen MR) is 91.6 cm³/mol. The molecule has 0 fully saturated rings. The zero-order valence-electron chi connectivity index (χ0n) is 14.2. The van der Waals surface area contributed by atoms with Crippen LogP contribution in [0, 0.1) is 23.5 Å². The predicted octanol–water partition coefficient (Wildman–Crippen LogP) is 1.35. The quantitative estimate of drug-likeness (QED) is 0.369. The first-order valence-corrected chi connectivity index (χ1v) is 7.82. The number of carbonyl (C=O) groups excluding carboxylic acids is 2. The molecule has 8 heteroatoms. The molecule has 0 aliphatic heterocycles. The van der Waals surface area contributed by atoms with E-state index in [0.717, 1.165) is 12.1 Å². The van der Waals surface area contributed by atoms with Gasteiger partial charge < -0.3 is 10.4 Å². The van der Waals surface area contributed by atoms with Gasteiger partial charge in [0.05, 0.1) is 11.7 Å². The smallest absolute Gasteiger partial charge is 0.268 e. The second-order valence-electron chi connectivity index (χ2n) is 5.62. The van der Waals surface area contributed by atoms with Gasteiger partial charge in [-0.25, -0.2) is 14.3 Å². The largest absolute Gasteiger partial charge is 0.391 e. The van der Waals surface area contributed by atoms with Crippen LogP contribution in [0.4, 0.5) is 8.78 Å². The maximum atomic E-state index is 13.5. The van der Waals surface area contributed by atoms with Crippen molar-refractivity contribution in [3.63, 3.8) is 0 Å². The van der Waals surface area contributed by atoms with Crippen LogP contribution < -0.4 is 10.8 Å². The van der Waals surface area contributed by atoms with Crippen molar-refractivity contribution in [2.75, 3.05) is 0 Å². The number of aliphatic hydroxyl groups excluding tert-OH is 1. The molecular weight excluding hydrogens is 358 g/mol. The van der Waals surface area contributed by atoms with Crippen LogP contribution in [0.25, 0.3) is 0 Å². The summed E-state index contributed by atoms with van der Waals surface area (Å²) in [5.41, 5.74) is 2.07. The molecule has 2 aromatic rings. The van der Waals surface area contributed by atoms with Crippen molar-refractivity contribution in [2.24, 2.45) is 0 Å². The summed E-state index contributed by atoms with van der Waals surface area (Å²) < 4.78 is 26.4. The number of hydrogen-bond donors (Lipinski definition) is 4. The molecule has 0 aliphatic carbocycles. The van der Waals surface area contributed by atoms with Gasteiger partial charge in [0, 0.05) is 17.2 Å². The van der Waals surface area contributed by atoms with Crippen molar-refractivity contribution < 1.29 is 28.7 Å². The van der Waals surface area contributed by atoms with E-state index in [2.05, 4.69) is 17.2 Å². The normalized spacial score (nSPS) is 12.3. The number of carbonyl (C=O) groups is 2. The minimum atomic E-state index is -1.33. The van der Waals surface area contributed by atoms with Crippen molar-refractivity contribution in [1.82, 2.24) is 10.8 Å². The second-order valence-corrected chi connectivity index (χ2v) is 5.62. The van der Waals surface area contributed by atoms with Gasteiger partial charge in [0.1, 0.15) is 17.7 Å². The van der Waals surface area contributed by atoms with E-state index < -0.39 is 35.6 Å². The lowest BCUT2D eigenvalue weighted by Gasteiger charge is -2.19. The van der Waals surface area contributed by atoms with E-state index in [9.17, 15) is 23.5 Å². The molecule has 4 N–H and O–H groups in total. The minimum absolute atomic E-state index is 0.0352. The standard InChI is InChI=1S/C19H16F2N2O4/c1-11(24)17(19(26)23-27)22-18(25)14-6-3-12(4-7-14)2-5-13-8-9-15(20)10-16(13)21/h3-4,6-11,17,24,27H,1H3,(H,22,25)(H,23,26). The summed E-state index contributed by atoms with van der Waals surface area (Å²) in [5, 5.41) is 20.4. The van der Waals surface area contributed by atoms with Crippen LogP contribution >= 0.6 is 0 Å². The Morgan fingerprint density at radius 2 is 1.74 bits per heavy atom. The fraction of sp³-hybridized carbons (Fsp3) is 0.158. The summed E-state index contributed by atoms with van der Waals surface area (Å²) >= 11 is 0. The molecule has 0 spiro atoms. The summed E-state index contributed by atoms with van der Waals surface area (Å²) in [5.74, 6) is 2.19. The van der Waals surface area contributed by atoms with E-state index in [1.165, 1.54) is 42.7 Å². The van der Waals surface area contributed by atoms with Crippen LogP contribution in [0.2, 0.25) is 0 Å². The molecule has 2 unspecified atom stereocenters. The molecule has 2 atom stereocenters. The van der Waals surface area contributed by atoms with Gasteiger partial charge in [0.2, 0.25) is 0 Å². The Labute approximate surface area is 153 Å². The Morgan fingerprint density at radius 3 is 2.30 bits per heavy atom. The first kappa shape index (κ1) is 20.0. The molecule has 140 valence electrons. The number of hydroxylamine groups is 1. The third kappa shape index (κ3) is 5.34. The average Bonchev–Trinajstić information content (AvgIpc) is 2.64. The fourth-order valence-corrected chi connectivity index (χ4v) is 2.13. The summed E-state index contributed by atoms with van der Waals surface area (Å²) in [6.07, 6.45) is -1.23. The number of halogens is 2. The zero-order chi connectivity index (χ0) is 20.0. The van der Waals surface area contributed by atoms with Crippen LogP contribution in [0.1, 0.15) is 28.4 Å². The number of benzene rings is 2. The van der Waals surface area contributed by atoms with E-state index in [0.29, 0.717) is 5.56 Å². The summed E-state index contributed by atoms with van der Waals surface area (Å²) in [4.78, 5) is 23.6. The molecular formula is C19H16F2N2O4. The summed E-state index contributed by atoms with van der Waals surface area (Å²) in [6, 6.07) is 7.59. The van der Waals surface area contributed by atoms with E-state index in [1.807, 2.05) is 0 Å². The number of hydrogen-bond acceptors (Lipinski definition) is 4. The summed E-state index contributed by atoms with van der Waals surface area (Å²) in [7, 11) is 0. The van der Waals surface area contributed by atoms with Crippen molar-refractivity contribution in [2.45, 2.75) is 19.1 Å². The Bertz CT molecular complexity index is 902. The molecule has 2 aromatic carbocycles. The highest BCUT2D eigenvalue weighted by atomic mass is 19.1. The van der Waals surface area contributed by atoms with Gasteiger partial charge in [-0.05, 0) is 43.3 Å². The molecule has 2 amide bonds. The maximum absolute atomic E-state index is 13.5. The van der Waals surface area contributed by atoms with E-state index in [1.54, 1.807) is 0 Å². The van der Waals surface area contributed by atoms with E-state index >= 15 is 0 Å². The monoisotopic (exact) mass is 374 g/mol. The fourth-order valence-electron chi connectivity index (χ4n) is 2.13. The molecule has 2 rings (SSSR count). The second kappa shape index (κ2) is 8.89. The lowest BCUT2D eigenvalue weighted by atomic mass is 10.1. The van der Waals surface area contributed by atoms with Gasteiger partial charge in [0.25, 0.3) is 11.8 Å². The van der Waals surface area contributed by atoms with Crippen LogP contribution in [-0.2, 0) is 4.79 Å². The minimum Gasteiger partial charge on any atom is -0.391 e. The lowest BCUT2D eigenvalue weighted by Crippen LogP contribution is -2.51. The Balaban J connectivity index is 2.12. The van der Waals surface area contributed by atoms with Crippen molar-refractivity contribution in [3.05, 3.63) is 70.8 Å². The first-order valence-electron chi connectivity index (χ1n) is 7.82. The van der Waals surface area contributed by atoms with Gasteiger partial charge in [-0.2, -0.15) is 0 Å². The lowest BCUT2D eigenvalue weighted by molar-refractivity contribution is -0.133. The Hall–Kier alpha value is -3.28. The topological polar surface area (TPSA) is 98.7 Å².